The number of nitrogens with zero attached hydrogens (tertiary/aromatic N) is 3. The first kappa shape index (κ1) is 16.3. The van der Waals surface area contributed by atoms with Crippen LogP contribution in [0.5, 0.6) is 5.88 Å². The molecule has 0 unspecified atom stereocenters. The second-order valence-corrected chi connectivity index (χ2v) is 5.51. The standard InChI is InChI=1S/C15H15FN4O3S/c16-10-1-3-11(4-2-10)20-14(22)12(13(21)18-15(20)24)9-17-19-5-7-23-8-6-19/h1-4,9,22H,5-8H2,(H,18,21,24)/b17-9+. The van der Waals surface area contributed by atoms with Gasteiger partial charge in [-0.1, -0.05) is 0 Å². The topological polar surface area (TPSA) is 82.8 Å². The Morgan fingerprint density at radius 2 is 1.96 bits per heavy atom. The molecule has 0 atom stereocenters. The quantitative estimate of drug-likeness (QED) is 0.646. The van der Waals surface area contributed by atoms with Crippen molar-refractivity contribution in [2.45, 2.75) is 0 Å². The number of hydrazone groups is 1. The summed E-state index contributed by atoms with van der Waals surface area (Å²) in [4.78, 5) is 14.6. The van der Waals surface area contributed by atoms with E-state index in [1.807, 2.05) is 0 Å². The van der Waals surface area contributed by atoms with Crippen LogP contribution in [-0.4, -0.2) is 52.2 Å². The molecule has 9 heteroatoms. The maximum Gasteiger partial charge on any atom is 0.264 e. The molecule has 0 saturated carbocycles. The van der Waals surface area contributed by atoms with Gasteiger partial charge < -0.3 is 9.84 Å². The number of benzene rings is 1. The first-order chi connectivity index (χ1) is 11.6. The zero-order valence-corrected chi connectivity index (χ0v) is 13.4. The number of halogens is 1. The largest absolute Gasteiger partial charge is 0.494 e. The number of rotatable bonds is 3. The Bertz CT molecular complexity index is 870. The molecule has 2 aromatic rings. The lowest BCUT2D eigenvalue weighted by Crippen LogP contribution is -2.32. The molecule has 0 amide bonds. The van der Waals surface area contributed by atoms with Crippen molar-refractivity contribution in [1.82, 2.24) is 14.6 Å². The fourth-order valence-corrected chi connectivity index (χ4v) is 2.58. The lowest BCUT2D eigenvalue weighted by molar-refractivity contribution is 0.0396. The lowest BCUT2D eigenvalue weighted by Gasteiger charge is -2.23. The maximum absolute atomic E-state index is 13.1. The molecule has 0 bridgehead atoms. The van der Waals surface area contributed by atoms with E-state index < -0.39 is 11.4 Å². The Balaban J connectivity index is 2.02. The van der Waals surface area contributed by atoms with Crippen molar-refractivity contribution in [3.63, 3.8) is 0 Å². The van der Waals surface area contributed by atoms with Gasteiger partial charge in [-0.15, -0.1) is 0 Å². The van der Waals surface area contributed by atoms with E-state index in [2.05, 4.69) is 10.1 Å². The second kappa shape index (κ2) is 6.93. The predicted molar refractivity (Wildman–Crippen MR) is 88.8 cm³/mol. The molecule has 2 N–H and O–H groups in total. The number of aromatic amines is 1. The first-order valence-corrected chi connectivity index (χ1v) is 7.68. The van der Waals surface area contributed by atoms with Crippen molar-refractivity contribution >= 4 is 18.4 Å². The van der Waals surface area contributed by atoms with Crippen LogP contribution in [0.15, 0.2) is 34.2 Å². The van der Waals surface area contributed by atoms with Crippen LogP contribution in [0.1, 0.15) is 5.56 Å². The molecule has 0 radical (unpaired) electrons. The van der Waals surface area contributed by atoms with Crippen LogP contribution in [0.4, 0.5) is 4.39 Å². The normalized spacial score (nSPS) is 15.1. The molecular formula is C15H15FN4O3S. The van der Waals surface area contributed by atoms with Crippen LogP contribution in [0, 0.1) is 10.6 Å². The van der Waals surface area contributed by atoms with E-state index in [0.29, 0.717) is 32.0 Å². The number of H-pyrrole nitrogens is 1. The summed E-state index contributed by atoms with van der Waals surface area (Å²) in [6, 6.07) is 5.38. The number of nitrogens with one attached hydrogen (secondary N) is 1. The monoisotopic (exact) mass is 350 g/mol. The third kappa shape index (κ3) is 3.36. The molecule has 0 aliphatic carbocycles. The van der Waals surface area contributed by atoms with Crippen molar-refractivity contribution in [2.24, 2.45) is 5.10 Å². The minimum atomic E-state index is -0.548. The highest BCUT2D eigenvalue weighted by atomic mass is 32.1. The van der Waals surface area contributed by atoms with Gasteiger partial charge in [0.25, 0.3) is 5.56 Å². The number of ether oxygens (including phenoxy) is 1. The van der Waals surface area contributed by atoms with Crippen molar-refractivity contribution in [3.05, 3.63) is 50.8 Å². The van der Waals surface area contributed by atoms with Gasteiger partial charge in [-0.05, 0) is 36.5 Å². The van der Waals surface area contributed by atoms with Crippen LogP contribution in [0.25, 0.3) is 5.69 Å². The Kier molecular flexibility index (Phi) is 4.72. The van der Waals surface area contributed by atoms with E-state index in [-0.39, 0.29) is 16.2 Å². The van der Waals surface area contributed by atoms with Gasteiger partial charge in [0.1, 0.15) is 11.4 Å². The summed E-state index contributed by atoms with van der Waals surface area (Å²) < 4.78 is 19.6. The van der Waals surface area contributed by atoms with E-state index >= 15 is 0 Å². The highest BCUT2D eigenvalue weighted by molar-refractivity contribution is 7.71. The number of aromatic hydroxyl groups is 1. The van der Waals surface area contributed by atoms with Crippen LogP contribution in [0.3, 0.4) is 0 Å². The third-order valence-electron chi connectivity index (χ3n) is 3.54. The highest BCUT2D eigenvalue weighted by Gasteiger charge is 2.14. The zero-order chi connectivity index (χ0) is 17.1. The Morgan fingerprint density at radius 1 is 1.29 bits per heavy atom. The maximum atomic E-state index is 13.1. The number of hydrogen-bond acceptors (Lipinski definition) is 6. The van der Waals surface area contributed by atoms with Gasteiger partial charge >= 0.3 is 0 Å². The molecule has 1 aromatic heterocycles. The lowest BCUT2D eigenvalue weighted by atomic mass is 10.3. The fourth-order valence-electron chi connectivity index (χ4n) is 2.29. The molecule has 0 spiro atoms. The Labute approximate surface area is 141 Å². The molecule has 1 aliphatic heterocycles. The summed E-state index contributed by atoms with van der Waals surface area (Å²) >= 11 is 5.09. The van der Waals surface area contributed by atoms with Crippen molar-refractivity contribution in [2.75, 3.05) is 26.3 Å². The molecule has 24 heavy (non-hydrogen) atoms. The second-order valence-electron chi connectivity index (χ2n) is 5.12. The highest BCUT2D eigenvalue weighted by Crippen LogP contribution is 2.19. The minimum Gasteiger partial charge on any atom is -0.494 e. The van der Waals surface area contributed by atoms with Gasteiger partial charge in [0.05, 0.1) is 38.2 Å². The molecular weight excluding hydrogens is 335 g/mol. The third-order valence-corrected chi connectivity index (χ3v) is 3.83. The minimum absolute atomic E-state index is 0.00707. The molecule has 1 aliphatic rings. The van der Waals surface area contributed by atoms with Gasteiger partial charge in [0, 0.05) is 0 Å². The molecule has 1 saturated heterocycles. The van der Waals surface area contributed by atoms with Crippen LogP contribution in [0.2, 0.25) is 0 Å². The average molecular weight is 350 g/mol. The van der Waals surface area contributed by atoms with Gasteiger partial charge in [-0.25, -0.2) is 4.39 Å². The molecule has 3 rings (SSSR count). The van der Waals surface area contributed by atoms with E-state index in [1.165, 1.54) is 35.0 Å². The summed E-state index contributed by atoms with van der Waals surface area (Å²) in [6.07, 6.45) is 1.29. The smallest absolute Gasteiger partial charge is 0.264 e. The molecule has 7 nitrogen and oxygen atoms in total. The van der Waals surface area contributed by atoms with Crippen LogP contribution < -0.4 is 5.56 Å². The number of hydrogen-bond donors (Lipinski definition) is 2. The summed E-state index contributed by atoms with van der Waals surface area (Å²) in [5.41, 5.74) is -0.150. The van der Waals surface area contributed by atoms with E-state index in [0.717, 1.165) is 0 Å². The zero-order valence-electron chi connectivity index (χ0n) is 12.6. The summed E-state index contributed by atoms with van der Waals surface area (Å²) in [6.45, 7) is 2.32. The SMILES string of the molecule is O=c1[nH]c(=S)n(-c2ccc(F)cc2)c(O)c1/C=N/N1CCOCC1. The average Bonchev–Trinajstić information content (AvgIpc) is 2.57. The predicted octanol–water partition coefficient (Wildman–Crippen LogP) is 1.41. The van der Waals surface area contributed by atoms with E-state index in [9.17, 15) is 14.3 Å². The fraction of sp³-hybridized carbons (Fsp3) is 0.267. The summed E-state index contributed by atoms with van der Waals surface area (Å²) in [7, 11) is 0. The Hall–Kier alpha value is -2.52. The van der Waals surface area contributed by atoms with Crippen molar-refractivity contribution in [1.29, 1.82) is 0 Å². The number of aromatic nitrogens is 2. The van der Waals surface area contributed by atoms with E-state index in [4.69, 9.17) is 17.0 Å². The van der Waals surface area contributed by atoms with Crippen molar-refractivity contribution < 1.29 is 14.2 Å². The molecule has 1 fully saturated rings. The van der Waals surface area contributed by atoms with Gasteiger partial charge in [-0.2, -0.15) is 5.10 Å². The van der Waals surface area contributed by atoms with Crippen LogP contribution in [-0.2, 0) is 4.74 Å². The molecule has 2 heterocycles. The molecule has 126 valence electrons. The molecule has 1 aromatic carbocycles. The van der Waals surface area contributed by atoms with Crippen molar-refractivity contribution in [3.8, 4) is 11.6 Å². The summed E-state index contributed by atoms with van der Waals surface area (Å²) in [5.74, 6) is -0.768. The first-order valence-electron chi connectivity index (χ1n) is 7.27. The Morgan fingerprint density at radius 3 is 2.62 bits per heavy atom. The van der Waals surface area contributed by atoms with Gasteiger partial charge in [0.2, 0.25) is 5.88 Å². The van der Waals surface area contributed by atoms with Gasteiger partial charge in [-0.3, -0.25) is 19.4 Å². The summed E-state index contributed by atoms with van der Waals surface area (Å²) in [5, 5.41) is 16.4. The van der Waals surface area contributed by atoms with E-state index in [1.54, 1.807) is 5.01 Å². The number of morpholine rings is 1. The van der Waals surface area contributed by atoms with Crippen LogP contribution >= 0.6 is 12.2 Å². The van der Waals surface area contributed by atoms with Gasteiger partial charge in [0.15, 0.2) is 4.77 Å².